The van der Waals surface area contributed by atoms with Crippen LogP contribution < -0.4 is 10.6 Å². The number of hydrogen-bond donors (Lipinski definition) is 2. The summed E-state index contributed by atoms with van der Waals surface area (Å²) in [5, 5.41) is 7.88. The molecule has 0 aliphatic carbocycles. The highest BCUT2D eigenvalue weighted by atomic mass is 35.5. The minimum absolute atomic E-state index is 0.554. The zero-order valence-corrected chi connectivity index (χ0v) is 15.2. The zero-order chi connectivity index (χ0) is 16.7. The third kappa shape index (κ3) is 5.85. The summed E-state index contributed by atoms with van der Waals surface area (Å²) in [6.07, 6.45) is 2.17. The summed E-state index contributed by atoms with van der Waals surface area (Å²) < 4.78 is 0. The topological polar surface area (TPSA) is 24.1 Å². The van der Waals surface area contributed by atoms with E-state index in [2.05, 4.69) is 47.9 Å². The molecule has 0 aliphatic rings. The maximum Gasteiger partial charge on any atom is 0.170 e. The first-order chi connectivity index (χ1) is 11.1. The molecule has 4 heteroatoms. The van der Waals surface area contributed by atoms with Crippen LogP contribution in [0.25, 0.3) is 0 Å². The van der Waals surface area contributed by atoms with E-state index in [1.54, 1.807) is 0 Å². The molecule has 1 atom stereocenters. The van der Waals surface area contributed by atoms with Crippen molar-refractivity contribution in [2.45, 2.75) is 26.7 Å². The van der Waals surface area contributed by atoms with E-state index in [1.165, 1.54) is 5.56 Å². The molecule has 0 spiro atoms. The lowest BCUT2D eigenvalue weighted by Gasteiger charge is -2.18. The van der Waals surface area contributed by atoms with Gasteiger partial charge in [0.15, 0.2) is 5.11 Å². The second-order valence-corrected chi connectivity index (χ2v) is 6.58. The third-order valence-corrected chi connectivity index (χ3v) is 4.58. The Balaban J connectivity index is 1.83. The summed E-state index contributed by atoms with van der Waals surface area (Å²) in [5.74, 6) is 0.554. The van der Waals surface area contributed by atoms with Crippen LogP contribution in [0.3, 0.4) is 0 Å². The third-order valence-electron chi connectivity index (χ3n) is 3.93. The van der Waals surface area contributed by atoms with Crippen LogP contribution in [-0.4, -0.2) is 11.7 Å². The Bertz CT molecular complexity index is 643. The van der Waals surface area contributed by atoms with Crippen LogP contribution in [0.5, 0.6) is 0 Å². The zero-order valence-electron chi connectivity index (χ0n) is 13.6. The van der Waals surface area contributed by atoms with Crippen molar-refractivity contribution in [3.8, 4) is 0 Å². The van der Waals surface area contributed by atoms with E-state index in [9.17, 15) is 0 Å². The molecule has 122 valence electrons. The molecule has 0 aromatic heterocycles. The molecule has 2 N–H and O–H groups in total. The maximum atomic E-state index is 6.13. The fourth-order valence-corrected chi connectivity index (χ4v) is 2.77. The van der Waals surface area contributed by atoms with Crippen LogP contribution in [0.1, 0.15) is 24.5 Å². The molecule has 2 aromatic rings. The second-order valence-electron chi connectivity index (χ2n) is 5.76. The molecule has 0 bridgehead atoms. The second kappa shape index (κ2) is 8.90. The van der Waals surface area contributed by atoms with Gasteiger partial charge in [-0.05, 0) is 54.7 Å². The normalized spacial score (nSPS) is 11.8. The number of hydrogen-bond acceptors (Lipinski definition) is 1. The monoisotopic (exact) mass is 346 g/mol. The van der Waals surface area contributed by atoms with Crippen molar-refractivity contribution in [3.05, 3.63) is 64.7 Å². The fraction of sp³-hybridized carbons (Fsp3) is 0.316. The molecule has 2 rings (SSSR count). The van der Waals surface area contributed by atoms with Gasteiger partial charge in [0.1, 0.15) is 0 Å². The molecule has 0 fully saturated rings. The van der Waals surface area contributed by atoms with Gasteiger partial charge in [0, 0.05) is 17.3 Å². The van der Waals surface area contributed by atoms with Crippen molar-refractivity contribution in [1.29, 1.82) is 0 Å². The molecule has 2 nitrogen and oxygen atoms in total. The van der Waals surface area contributed by atoms with Crippen molar-refractivity contribution < 1.29 is 0 Å². The summed E-state index contributed by atoms with van der Waals surface area (Å²) in [6.45, 7) is 5.06. The largest absolute Gasteiger partial charge is 0.362 e. The highest BCUT2D eigenvalue weighted by Gasteiger charge is 2.08. The molecule has 0 aliphatic heterocycles. The van der Waals surface area contributed by atoms with E-state index in [-0.39, 0.29) is 0 Å². The first kappa shape index (κ1) is 17.8. The molecule has 2 aromatic carbocycles. The summed E-state index contributed by atoms with van der Waals surface area (Å²) in [5.41, 5.74) is 3.34. The fourth-order valence-electron chi connectivity index (χ4n) is 2.39. The Morgan fingerprint density at radius 1 is 1.17 bits per heavy atom. The van der Waals surface area contributed by atoms with E-state index < -0.39 is 0 Å². The van der Waals surface area contributed by atoms with Crippen LogP contribution in [0, 0.1) is 12.8 Å². The Morgan fingerprint density at radius 2 is 1.91 bits per heavy atom. The Kier molecular flexibility index (Phi) is 6.87. The molecular formula is C19H23ClN2S. The first-order valence-electron chi connectivity index (χ1n) is 7.93. The first-order valence-corrected chi connectivity index (χ1v) is 8.72. The number of nitrogens with one attached hydrogen (secondary N) is 2. The van der Waals surface area contributed by atoms with E-state index in [0.717, 1.165) is 35.7 Å². The number of benzene rings is 2. The average molecular weight is 347 g/mol. The van der Waals surface area contributed by atoms with Crippen LogP contribution in [0.4, 0.5) is 5.69 Å². The number of anilines is 1. The average Bonchev–Trinajstić information content (AvgIpc) is 2.56. The SMILES string of the molecule is CC[C@@H](CNC(=S)Nc1ccc(C)c(Cl)c1)Cc1ccccc1. The Hall–Kier alpha value is -1.58. The van der Waals surface area contributed by atoms with Crippen molar-refractivity contribution in [2.75, 3.05) is 11.9 Å². The van der Waals surface area contributed by atoms with Crippen molar-refractivity contribution in [1.82, 2.24) is 5.32 Å². The van der Waals surface area contributed by atoms with Crippen LogP contribution in [0.2, 0.25) is 5.02 Å². The lowest BCUT2D eigenvalue weighted by atomic mass is 9.97. The molecule has 0 unspecified atom stereocenters. The van der Waals surface area contributed by atoms with Gasteiger partial charge in [-0.3, -0.25) is 0 Å². The van der Waals surface area contributed by atoms with E-state index >= 15 is 0 Å². The van der Waals surface area contributed by atoms with Crippen molar-refractivity contribution in [2.24, 2.45) is 5.92 Å². The smallest absolute Gasteiger partial charge is 0.170 e. The standard InChI is InChI=1S/C19H23ClN2S/c1-3-15(11-16-7-5-4-6-8-16)13-21-19(23)22-17-10-9-14(2)18(20)12-17/h4-10,12,15H,3,11,13H2,1-2H3,(H2,21,22,23)/t15-/m1/s1. The Labute approximate surface area is 149 Å². The Morgan fingerprint density at radius 3 is 2.57 bits per heavy atom. The molecule has 0 saturated carbocycles. The minimum atomic E-state index is 0.554. The lowest BCUT2D eigenvalue weighted by molar-refractivity contribution is 0.498. The van der Waals surface area contributed by atoms with Crippen LogP contribution in [0.15, 0.2) is 48.5 Å². The maximum absolute atomic E-state index is 6.13. The van der Waals surface area contributed by atoms with E-state index in [1.807, 2.05) is 25.1 Å². The van der Waals surface area contributed by atoms with Gasteiger partial charge < -0.3 is 10.6 Å². The van der Waals surface area contributed by atoms with Gasteiger partial charge in [-0.2, -0.15) is 0 Å². The molecular weight excluding hydrogens is 324 g/mol. The molecule has 23 heavy (non-hydrogen) atoms. The lowest BCUT2D eigenvalue weighted by Crippen LogP contribution is -2.33. The quantitative estimate of drug-likeness (QED) is 0.702. The van der Waals surface area contributed by atoms with Gasteiger partial charge in [-0.15, -0.1) is 0 Å². The molecule has 0 saturated heterocycles. The summed E-state index contributed by atoms with van der Waals surface area (Å²) in [7, 11) is 0. The van der Waals surface area contributed by atoms with Crippen LogP contribution >= 0.6 is 23.8 Å². The highest BCUT2D eigenvalue weighted by Crippen LogP contribution is 2.20. The minimum Gasteiger partial charge on any atom is -0.362 e. The van der Waals surface area contributed by atoms with Gasteiger partial charge in [0.05, 0.1) is 0 Å². The molecule has 0 amide bonds. The summed E-state index contributed by atoms with van der Waals surface area (Å²) in [4.78, 5) is 0. The van der Waals surface area contributed by atoms with E-state index in [4.69, 9.17) is 23.8 Å². The van der Waals surface area contributed by atoms with Crippen molar-refractivity contribution >= 4 is 34.6 Å². The van der Waals surface area contributed by atoms with Crippen LogP contribution in [-0.2, 0) is 6.42 Å². The highest BCUT2D eigenvalue weighted by molar-refractivity contribution is 7.80. The number of aryl methyl sites for hydroxylation is 1. The number of thiocarbonyl (C=S) groups is 1. The predicted octanol–water partition coefficient (Wildman–Crippen LogP) is 5.20. The van der Waals surface area contributed by atoms with Gasteiger partial charge in [-0.1, -0.05) is 61.3 Å². The van der Waals surface area contributed by atoms with Gasteiger partial charge in [-0.25, -0.2) is 0 Å². The molecule has 0 radical (unpaired) electrons. The van der Waals surface area contributed by atoms with Gasteiger partial charge in [0.25, 0.3) is 0 Å². The number of halogens is 1. The number of rotatable bonds is 6. The van der Waals surface area contributed by atoms with Gasteiger partial charge >= 0.3 is 0 Å². The van der Waals surface area contributed by atoms with E-state index in [0.29, 0.717) is 11.0 Å². The summed E-state index contributed by atoms with van der Waals surface area (Å²) in [6, 6.07) is 16.4. The van der Waals surface area contributed by atoms with Gasteiger partial charge in [0.2, 0.25) is 0 Å². The predicted molar refractivity (Wildman–Crippen MR) is 104 cm³/mol. The van der Waals surface area contributed by atoms with Crippen molar-refractivity contribution in [3.63, 3.8) is 0 Å². The summed E-state index contributed by atoms with van der Waals surface area (Å²) >= 11 is 11.5. The molecule has 0 heterocycles.